The number of ether oxygens (including phenoxy) is 2. The number of nitrogens with zero attached hydrogens (tertiary/aromatic N) is 3. The Morgan fingerprint density at radius 3 is 2.39 bits per heavy atom. The zero-order valence-electron chi connectivity index (χ0n) is 24.4. The van der Waals surface area contributed by atoms with Crippen LogP contribution in [0.2, 0.25) is 10.0 Å². The third-order valence-corrected chi connectivity index (χ3v) is 7.46. The van der Waals surface area contributed by atoms with E-state index in [-0.39, 0.29) is 6.04 Å². The van der Waals surface area contributed by atoms with Gasteiger partial charge in [-0.25, -0.2) is 4.79 Å². The fraction of sp³-hybridized carbons (Fsp3) is 0.438. The molecule has 0 amide bonds. The number of pyridine rings is 1. The molecular formula is C32H39Cl2N3O4. The van der Waals surface area contributed by atoms with E-state index in [4.69, 9.17) is 32.7 Å². The maximum absolute atomic E-state index is 12.4. The van der Waals surface area contributed by atoms with Crippen LogP contribution in [-0.4, -0.2) is 59.3 Å². The van der Waals surface area contributed by atoms with Crippen LogP contribution in [0.25, 0.3) is 0 Å². The monoisotopic (exact) mass is 599 g/mol. The van der Waals surface area contributed by atoms with Gasteiger partial charge in [0.15, 0.2) is 0 Å². The second kappa shape index (κ2) is 13.0. The van der Waals surface area contributed by atoms with Crippen LogP contribution in [0.5, 0.6) is 5.75 Å². The Labute approximate surface area is 253 Å². The molecule has 1 saturated heterocycles. The fourth-order valence-corrected chi connectivity index (χ4v) is 5.36. The van der Waals surface area contributed by atoms with Gasteiger partial charge in [0.2, 0.25) is 0 Å². The van der Waals surface area contributed by atoms with E-state index in [1.54, 1.807) is 19.1 Å². The first-order valence-corrected chi connectivity index (χ1v) is 14.7. The van der Waals surface area contributed by atoms with Crippen molar-refractivity contribution in [3.05, 3.63) is 87.7 Å². The summed E-state index contributed by atoms with van der Waals surface area (Å²) in [7, 11) is 0. The Kier molecular flexibility index (Phi) is 9.85. The van der Waals surface area contributed by atoms with Crippen LogP contribution in [0.15, 0.2) is 60.8 Å². The standard InChI is InChI=1S/C32H39Cl2N3O4/c1-6-17-40-25-12-13-27(26(34)18-25)37-16-15-36(20-28(37)22-7-10-24(33)11-8-22)21-32(5,39)29-14-9-23(19-35-29)30(38)41-31(2,3)4/h7-14,18-19,28,39H,6,15-17,20-21H2,1-5H3/t28-,32+/m0/s1. The van der Waals surface area contributed by atoms with Crippen LogP contribution in [0, 0.1) is 0 Å². The molecule has 9 heteroatoms. The molecule has 2 aromatic carbocycles. The second-order valence-electron chi connectivity index (χ2n) is 11.7. The summed E-state index contributed by atoms with van der Waals surface area (Å²) in [5.41, 5.74) is 1.02. The molecule has 3 aromatic rings. The summed E-state index contributed by atoms with van der Waals surface area (Å²) in [6.45, 7) is 12.3. The van der Waals surface area contributed by atoms with Crippen molar-refractivity contribution in [1.29, 1.82) is 0 Å². The Hall–Kier alpha value is -2.84. The van der Waals surface area contributed by atoms with Gasteiger partial charge in [0.1, 0.15) is 17.0 Å². The lowest BCUT2D eigenvalue weighted by Crippen LogP contribution is -2.52. The van der Waals surface area contributed by atoms with Gasteiger partial charge in [-0.1, -0.05) is 42.3 Å². The summed E-state index contributed by atoms with van der Waals surface area (Å²) in [5.74, 6) is 0.310. The average molecular weight is 601 g/mol. The predicted molar refractivity (Wildman–Crippen MR) is 164 cm³/mol. The zero-order chi connectivity index (χ0) is 29.8. The molecule has 0 bridgehead atoms. The van der Waals surface area contributed by atoms with Crippen LogP contribution >= 0.6 is 23.2 Å². The number of anilines is 1. The lowest BCUT2D eigenvalue weighted by atomic mass is 9.97. The Morgan fingerprint density at radius 2 is 1.78 bits per heavy atom. The minimum absolute atomic E-state index is 0.0285. The van der Waals surface area contributed by atoms with Crippen LogP contribution in [0.4, 0.5) is 5.69 Å². The van der Waals surface area contributed by atoms with Gasteiger partial charge in [-0.3, -0.25) is 9.88 Å². The number of β-amino-alcohol motifs (C(OH)–C–C–N with tert-alkyl or cyclic N) is 1. The summed E-state index contributed by atoms with van der Waals surface area (Å²) >= 11 is 13.0. The van der Waals surface area contributed by atoms with Crippen LogP contribution in [0.1, 0.15) is 68.7 Å². The van der Waals surface area contributed by atoms with Crippen molar-refractivity contribution in [2.45, 2.75) is 58.3 Å². The first-order valence-electron chi connectivity index (χ1n) is 14.0. The van der Waals surface area contributed by atoms with E-state index >= 15 is 0 Å². The maximum atomic E-state index is 12.4. The molecule has 4 rings (SSSR count). The number of rotatable bonds is 9. The van der Waals surface area contributed by atoms with E-state index < -0.39 is 17.2 Å². The highest BCUT2D eigenvalue weighted by Crippen LogP contribution is 2.38. The number of aliphatic hydroxyl groups is 1. The van der Waals surface area contributed by atoms with Crippen molar-refractivity contribution in [2.24, 2.45) is 0 Å². The molecule has 1 aromatic heterocycles. The number of piperazine rings is 1. The number of carbonyl (C=O) groups is 1. The van der Waals surface area contributed by atoms with Crippen LogP contribution < -0.4 is 9.64 Å². The quantitative estimate of drug-likeness (QED) is 0.268. The summed E-state index contributed by atoms with van der Waals surface area (Å²) in [6, 6.07) is 17.0. The molecule has 1 aliphatic heterocycles. The highest BCUT2D eigenvalue weighted by Gasteiger charge is 2.35. The van der Waals surface area contributed by atoms with Crippen molar-refractivity contribution in [3.8, 4) is 5.75 Å². The van der Waals surface area contributed by atoms with Gasteiger partial charge < -0.3 is 19.5 Å². The molecule has 1 N–H and O–H groups in total. The minimum Gasteiger partial charge on any atom is -0.494 e. The number of hydrogen-bond donors (Lipinski definition) is 1. The van der Waals surface area contributed by atoms with Crippen molar-refractivity contribution >= 4 is 34.9 Å². The van der Waals surface area contributed by atoms with Gasteiger partial charge in [-0.2, -0.15) is 0 Å². The van der Waals surface area contributed by atoms with E-state index in [0.29, 0.717) is 54.1 Å². The van der Waals surface area contributed by atoms with Gasteiger partial charge in [-0.05, 0) is 76.1 Å². The number of halogens is 2. The summed E-state index contributed by atoms with van der Waals surface area (Å²) in [4.78, 5) is 21.4. The maximum Gasteiger partial charge on any atom is 0.340 e. The van der Waals surface area contributed by atoms with Crippen molar-refractivity contribution in [3.63, 3.8) is 0 Å². The van der Waals surface area contributed by atoms with E-state index in [1.807, 2.05) is 63.2 Å². The number of carbonyl (C=O) groups excluding carboxylic acids is 1. The topological polar surface area (TPSA) is 75.1 Å². The number of aromatic nitrogens is 1. The molecule has 0 aliphatic carbocycles. The van der Waals surface area contributed by atoms with Crippen molar-refractivity contribution in [1.82, 2.24) is 9.88 Å². The summed E-state index contributed by atoms with van der Waals surface area (Å²) in [6.07, 6.45) is 2.38. The predicted octanol–water partition coefficient (Wildman–Crippen LogP) is 6.90. The first kappa shape index (κ1) is 31.1. The van der Waals surface area contributed by atoms with Crippen LogP contribution in [0.3, 0.4) is 0 Å². The SMILES string of the molecule is CCCOc1ccc(N2CCN(C[C@@](C)(O)c3ccc(C(=O)OC(C)(C)C)cn3)C[C@H]2c2ccc(Cl)cc2)c(Cl)c1. The van der Waals surface area contributed by atoms with Gasteiger partial charge >= 0.3 is 5.97 Å². The molecule has 0 unspecified atom stereocenters. The van der Waals surface area contributed by atoms with Gasteiger partial charge in [0.25, 0.3) is 0 Å². The molecule has 1 fully saturated rings. The molecule has 1 aliphatic rings. The van der Waals surface area contributed by atoms with Crippen molar-refractivity contribution in [2.75, 3.05) is 37.7 Å². The smallest absolute Gasteiger partial charge is 0.340 e. The zero-order valence-corrected chi connectivity index (χ0v) is 25.9. The first-order chi connectivity index (χ1) is 19.4. The van der Waals surface area contributed by atoms with Gasteiger partial charge in [0, 0.05) is 43.5 Å². The Bertz CT molecular complexity index is 1320. The minimum atomic E-state index is -1.24. The molecular weight excluding hydrogens is 561 g/mol. The van der Waals surface area contributed by atoms with E-state index in [2.05, 4.69) is 21.7 Å². The average Bonchev–Trinajstić information content (AvgIpc) is 2.91. The fourth-order valence-electron chi connectivity index (χ4n) is 4.96. The number of benzene rings is 2. The molecule has 2 atom stereocenters. The molecule has 2 heterocycles. The lowest BCUT2D eigenvalue weighted by molar-refractivity contribution is 0.00459. The number of hydrogen-bond acceptors (Lipinski definition) is 7. The van der Waals surface area contributed by atoms with Crippen LogP contribution in [-0.2, 0) is 10.3 Å². The van der Waals surface area contributed by atoms with Gasteiger partial charge in [0.05, 0.1) is 34.6 Å². The third kappa shape index (κ3) is 8.13. The molecule has 0 saturated carbocycles. The molecule has 41 heavy (non-hydrogen) atoms. The Morgan fingerprint density at radius 1 is 1.05 bits per heavy atom. The Balaban J connectivity index is 1.53. The van der Waals surface area contributed by atoms with E-state index in [0.717, 1.165) is 23.4 Å². The van der Waals surface area contributed by atoms with Gasteiger partial charge in [-0.15, -0.1) is 0 Å². The molecule has 220 valence electrons. The van der Waals surface area contributed by atoms with Crippen molar-refractivity contribution < 1.29 is 19.4 Å². The number of esters is 1. The normalized spacial score (nSPS) is 17.7. The second-order valence-corrected chi connectivity index (χ2v) is 12.5. The molecule has 0 radical (unpaired) electrons. The summed E-state index contributed by atoms with van der Waals surface area (Å²) < 4.78 is 11.2. The molecule has 7 nitrogen and oxygen atoms in total. The highest BCUT2D eigenvalue weighted by molar-refractivity contribution is 6.33. The largest absolute Gasteiger partial charge is 0.494 e. The molecule has 0 spiro atoms. The summed E-state index contributed by atoms with van der Waals surface area (Å²) in [5, 5.41) is 12.8. The van der Waals surface area contributed by atoms with E-state index in [1.165, 1.54) is 6.20 Å². The highest BCUT2D eigenvalue weighted by atomic mass is 35.5. The lowest BCUT2D eigenvalue weighted by Gasteiger charge is -2.45. The third-order valence-electron chi connectivity index (χ3n) is 6.90. The van der Waals surface area contributed by atoms with E-state index in [9.17, 15) is 9.90 Å².